The molecule has 0 radical (unpaired) electrons. The van der Waals surface area contributed by atoms with Crippen molar-refractivity contribution in [1.82, 2.24) is 10.2 Å². The molecule has 1 N–H and O–H groups in total. The number of hydrogen-bond donors (Lipinski definition) is 1. The fourth-order valence-corrected chi connectivity index (χ4v) is 3.00. The molecule has 1 aromatic rings. The van der Waals surface area contributed by atoms with E-state index in [0.717, 1.165) is 32.2 Å². The maximum absolute atomic E-state index is 6.04. The van der Waals surface area contributed by atoms with Crippen molar-refractivity contribution in [3.8, 4) is 0 Å². The van der Waals surface area contributed by atoms with Crippen molar-refractivity contribution in [2.24, 2.45) is 4.99 Å². The predicted molar refractivity (Wildman–Crippen MR) is 98.7 cm³/mol. The number of nitrogens with zero attached hydrogens (tertiary/aromatic N) is 2. The molecule has 1 heterocycles. The number of guanidine groups is 1. The lowest BCUT2D eigenvalue weighted by molar-refractivity contribution is -0.00837. The molecule has 1 saturated heterocycles. The highest BCUT2D eigenvalue weighted by molar-refractivity contribution is 5.80. The molecule has 0 spiro atoms. The Balaban J connectivity index is 2.06. The van der Waals surface area contributed by atoms with Gasteiger partial charge in [-0.25, -0.2) is 0 Å². The molecule has 0 bridgehead atoms. The number of benzene rings is 1. The van der Waals surface area contributed by atoms with E-state index in [1.165, 1.54) is 16.7 Å². The zero-order chi connectivity index (χ0) is 17.4. The fraction of sp³-hybridized carbons (Fsp3) is 0.632. The molecule has 0 saturated carbocycles. The highest BCUT2D eigenvalue weighted by Gasteiger charge is 2.25. The number of aliphatic imine (C=N–C) groups is 1. The van der Waals surface area contributed by atoms with Gasteiger partial charge in [-0.05, 0) is 38.8 Å². The second-order valence-corrected chi connectivity index (χ2v) is 6.10. The van der Waals surface area contributed by atoms with Crippen LogP contribution in [0.4, 0.5) is 0 Å². The summed E-state index contributed by atoms with van der Waals surface area (Å²) in [5.74, 6) is 0.954. The van der Waals surface area contributed by atoms with Gasteiger partial charge in [0.2, 0.25) is 0 Å². The average molecular weight is 333 g/mol. The summed E-state index contributed by atoms with van der Waals surface area (Å²) in [5, 5.41) is 3.39. The SMILES string of the molecule is CCNC(=NCCOCC)N1CCOC(c2ccc(C)cc2C)C1. The number of nitrogens with one attached hydrogen (secondary N) is 1. The van der Waals surface area contributed by atoms with Crippen LogP contribution in [0.15, 0.2) is 23.2 Å². The Hall–Kier alpha value is -1.59. The largest absolute Gasteiger partial charge is 0.380 e. The zero-order valence-electron chi connectivity index (χ0n) is 15.5. The van der Waals surface area contributed by atoms with Crippen LogP contribution in [-0.2, 0) is 9.47 Å². The molecule has 1 unspecified atom stereocenters. The van der Waals surface area contributed by atoms with Gasteiger partial charge in [-0.1, -0.05) is 23.8 Å². The first-order valence-corrected chi connectivity index (χ1v) is 8.95. The van der Waals surface area contributed by atoms with Crippen molar-refractivity contribution in [1.29, 1.82) is 0 Å². The van der Waals surface area contributed by atoms with E-state index in [0.29, 0.717) is 19.8 Å². The molecule has 5 nitrogen and oxygen atoms in total. The smallest absolute Gasteiger partial charge is 0.194 e. The van der Waals surface area contributed by atoms with Crippen LogP contribution in [0, 0.1) is 13.8 Å². The molecule has 0 amide bonds. The summed E-state index contributed by atoms with van der Waals surface area (Å²) in [6.07, 6.45) is 0.0927. The van der Waals surface area contributed by atoms with Crippen molar-refractivity contribution in [2.45, 2.75) is 33.8 Å². The summed E-state index contributed by atoms with van der Waals surface area (Å²) in [6, 6.07) is 6.57. The van der Waals surface area contributed by atoms with Crippen LogP contribution < -0.4 is 5.32 Å². The van der Waals surface area contributed by atoms with Crippen LogP contribution >= 0.6 is 0 Å². The first kappa shape index (κ1) is 18.7. The minimum atomic E-state index is 0.0927. The Morgan fingerprint density at radius 2 is 2.21 bits per heavy atom. The highest BCUT2D eigenvalue weighted by Crippen LogP contribution is 2.25. The zero-order valence-corrected chi connectivity index (χ0v) is 15.5. The van der Waals surface area contributed by atoms with Crippen LogP contribution in [0.5, 0.6) is 0 Å². The highest BCUT2D eigenvalue weighted by atomic mass is 16.5. The van der Waals surface area contributed by atoms with Gasteiger partial charge < -0.3 is 19.7 Å². The maximum Gasteiger partial charge on any atom is 0.194 e. The van der Waals surface area contributed by atoms with Gasteiger partial charge in [0.25, 0.3) is 0 Å². The van der Waals surface area contributed by atoms with Gasteiger partial charge in [0, 0.05) is 19.7 Å². The van der Waals surface area contributed by atoms with Crippen LogP contribution in [0.2, 0.25) is 0 Å². The number of hydrogen-bond acceptors (Lipinski definition) is 3. The normalized spacial score (nSPS) is 18.8. The lowest BCUT2D eigenvalue weighted by Gasteiger charge is -2.36. The van der Waals surface area contributed by atoms with Crippen LogP contribution in [0.3, 0.4) is 0 Å². The quantitative estimate of drug-likeness (QED) is 0.494. The Morgan fingerprint density at radius 1 is 1.38 bits per heavy atom. The number of morpholine rings is 1. The second-order valence-electron chi connectivity index (χ2n) is 6.10. The number of aryl methyl sites for hydroxylation is 2. The summed E-state index contributed by atoms with van der Waals surface area (Å²) < 4.78 is 11.4. The Bertz CT molecular complexity index is 545. The number of rotatable bonds is 6. The second kappa shape index (κ2) is 9.64. The van der Waals surface area contributed by atoms with E-state index in [2.05, 4.69) is 49.2 Å². The molecule has 2 rings (SSSR count). The van der Waals surface area contributed by atoms with E-state index < -0.39 is 0 Å². The van der Waals surface area contributed by atoms with Crippen molar-refractivity contribution >= 4 is 5.96 Å². The van der Waals surface area contributed by atoms with Gasteiger partial charge in [0.15, 0.2) is 5.96 Å². The molecule has 5 heteroatoms. The van der Waals surface area contributed by atoms with Crippen LogP contribution in [0.1, 0.15) is 36.6 Å². The molecule has 1 atom stereocenters. The standard InChI is InChI=1S/C19H31N3O2/c1-5-20-19(21-9-11-23-6-2)22-10-12-24-18(14-22)17-8-7-15(3)13-16(17)4/h7-8,13,18H,5-6,9-12,14H2,1-4H3,(H,20,21). The lowest BCUT2D eigenvalue weighted by atomic mass is 10.00. The molecule has 1 fully saturated rings. The minimum absolute atomic E-state index is 0.0927. The third kappa shape index (κ3) is 5.21. The van der Waals surface area contributed by atoms with E-state index in [9.17, 15) is 0 Å². The fourth-order valence-electron chi connectivity index (χ4n) is 3.00. The Morgan fingerprint density at radius 3 is 2.92 bits per heavy atom. The molecule has 0 aliphatic carbocycles. The number of ether oxygens (including phenoxy) is 2. The summed E-state index contributed by atoms with van der Waals surface area (Å²) in [4.78, 5) is 6.98. The molecule has 1 aliphatic heterocycles. The minimum Gasteiger partial charge on any atom is -0.380 e. The summed E-state index contributed by atoms with van der Waals surface area (Å²) >= 11 is 0. The first-order chi connectivity index (χ1) is 11.7. The van der Waals surface area contributed by atoms with Gasteiger partial charge in [-0.15, -0.1) is 0 Å². The van der Waals surface area contributed by atoms with E-state index in [-0.39, 0.29) is 6.10 Å². The first-order valence-electron chi connectivity index (χ1n) is 8.95. The van der Waals surface area contributed by atoms with Crippen LogP contribution in [-0.4, -0.2) is 56.9 Å². The predicted octanol–water partition coefficient (Wildman–Crippen LogP) is 2.68. The lowest BCUT2D eigenvalue weighted by Crippen LogP contribution is -2.48. The van der Waals surface area contributed by atoms with E-state index in [1.54, 1.807) is 0 Å². The van der Waals surface area contributed by atoms with Crippen molar-refractivity contribution in [3.05, 3.63) is 34.9 Å². The third-order valence-corrected chi connectivity index (χ3v) is 4.17. The van der Waals surface area contributed by atoms with E-state index in [1.807, 2.05) is 6.92 Å². The molecule has 1 aromatic carbocycles. The maximum atomic E-state index is 6.04. The van der Waals surface area contributed by atoms with Gasteiger partial charge in [-0.3, -0.25) is 4.99 Å². The van der Waals surface area contributed by atoms with Gasteiger partial charge in [0.1, 0.15) is 6.10 Å². The molecule has 0 aromatic heterocycles. The Kier molecular flexibility index (Phi) is 7.53. The van der Waals surface area contributed by atoms with Crippen molar-refractivity contribution in [3.63, 3.8) is 0 Å². The molecule has 134 valence electrons. The van der Waals surface area contributed by atoms with E-state index >= 15 is 0 Å². The molecular formula is C19H31N3O2. The molecular weight excluding hydrogens is 302 g/mol. The summed E-state index contributed by atoms with van der Waals surface area (Å²) in [7, 11) is 0. The van der Waals surface area contributed by atoms with Crippen molar-refractivity contribution < 1.29 is 9.47 Å². The molecule has 1 aliphatic rings. The monoisotopic (exact) mass is 333 g/mol. The summed E-state index contributed by atoms with van der Waals surface area (Å²) in [5.41, 5.74) is 3.85. The average Bonchev–Trinajstić information content (AvgIpc) is 2.58. The summed E-state index contributed by atoms with van der Waals surface area (Å²) in [6.45, 7) is 13.7. The van der Waals surface area contributed by atoms with Gasteiger partial charge >= 0.3 is 0 Å². The van der Waals surface area contributed by atoms with Crippen LogP contribution in [0.25, 0.3) is 0 Å². The van der Waals surface area contributed by atoms with E-state index in [4.69, 9.17) is 14.5 Å². The topological polar surface area (TPSA) is 46.1 Å². The van der Waals surface area contributed by atoms with Gasteiger partial charge in [-0.2, -0.15) is 0 Å². The third-order valence-electron chi connectivity index (χ3n) is 4.17. The van der Waals surface area contributed by atoms with Crippen molar-refractivity contribution in [2.75, 3.05) is 46.0 Å². The van der Waals surface area contributed by atoms with Gasteiger partial charge in [0.05, 0.1) is 26.3 Å². The molecule has 24 heavy (non-hydrogen) atoms. The Labute approximate surface area is 146 Å².